The number of hydrogen-bond donors (Lipinski definition) is 3. The Kier molecular flexibility index (Phi) is 8.08. The molecular weight excluding hydrogens is 372 g/mol. The average molecular weight is 402 g/mol. The van der Waals surface area contributed by atoms with E-state index in [1.165, 1.54) is 0 Å². The van der Waals surface area contributed by atoms with Crippen molar-refractivity contribution in [2.75, 3.05) is 6.61 Å². The second-order valence-corrected chi connectivity index (χ2v) is 7.93. The van der Waals surface area contributed by atoms with E-state index in [0.717, 1.165) is 24.8 Å². The summed E-state index contributed by atoms with van der Waals surface area (Å²) < 4.78 is 11.8. The highest BCUT2D eigenvalue weighted by Gasteiger charge is 2.44. The first-order valence-electron chi connectivity index (χ1n) is 10.4. The van der Waals surface area contributed by atoms with Crippen molar-refractivity contribution in [1.82, 2.24) is 0 Å². The van der Waals surface area contributed by atoms with E-state index in [1.54, 1.807) is 0 Å². The normalized spacial score (nSPS) is 30.3. The fourth-order valence-electron chi connectivity index (χ4n) is 4.32. The van der Waals surface area contributed by atoms with Crippen LogP contribution in [0.15, 0.2) is 30.3 Å². The van der Waals surface area contributed by atoms with Gasteiger partial charge in [0.1, 0.15) is 6.10 Å². The molecule has 1 aromatic rings. The molecule has 6 unspecified atom stereocenters. The molecule has 1 aromatic carbocycles. The third-order valence-electron chi connectivity index (χ3n) is 5.80. The van der Waals surface area contributed by atoms with Crippen molar-refractivity contribution in [3.05, 3.63) is 35.9 Å². The lowest BCUT2D eigenvalue weighted by molar-refractivity contribution is -0.196. The largest absolute Gasteiger partial charge is 0.481 e. The zero-order valence-electron chi connectivity index (χ0n) is 16.6. The summed E-state index contributed by atoms with van der Waals surface area (Å²) in [5.41, 5.74) is 0.835. The van der Waals surface area contributed by atoms with Crippen molar-refractivity contribution in [2.45, 2.75) is 69.5 Å². The zero-order valence-corrected chi connectivity index (χ0v) is 16.6. The first-order chi connectivity index (χ1) is 14.0. The number of hydrogen-bond acceptors (Lipinski definition) is 5. The molecule has 6 nitrogen and oxygen atoms in total. The number of aliphatic carboxylic acids is 1. The molecule has 29 heavy (non-hydrogen) atoms. The number of carboxylic acid groups (broad SMARTS) is 1. The first kappa shape index (κ1) is 21.8. The summed E-state index contributed by atoms with van der Waals surface area (Å²) in [5, 5.41) is 30.0. The van der Waals surface area contributed by atoms with Crippen LogP contribution in [0.5, 0.6) is 0 Å². The second-order valence-electron chi connectivity index (χ2n) is 7.93. The summed E-state index contributed by atoms with van der Waals surface area (Å²) in [6.07, 6.45) is 1.99. The Labute approximate surface area is 171 Å². The maximum Gasteiger partial charge on any atom is 0.303 e. The van der Waals surface area contributed by atoms with Gasteiger partial charge < -0.3 is 24.8 Å². The number of carbonyl (C=O) groups is 1. The number of carboxylic acids is 1. The zero-order chi connectivity index (χ0) is 20.6. The molecule has 0 aromatic heterocycles. The van der Waals surface area contributed by atoms with E-state index in [2.05, 4.69) is 11.8 Å². The number of aliphatic hydroxyl groups excluding tert-OH is 2. The van der Waals surface area contributed by atoms with Gasteiger partial charge in [-0.05, 0) is 50.2 Å². The van der Waals surface area contributed by atoms with E-state index < -0.39 is 24.1 Å². The van der Waals surface area contributed by atoms with Crippen molar-refractivity contribution < 1.29 is 29.6 Å². The molecule has 3 rings (SSSR count). The third-order valence-corrected chi connectivity index (χ3v) is 5.80. The average Bonchev–Trinajstić information content (AvgIpc) is 3.00. The van der Waals surface area contributed by atoms with E-state index >= 15 is 0 Å². The number of ether oxygens (including phenoxy) is 2. The van der Waals surface area contributed by atoms with E-state index in [-0.39, 0.29) is 24.7 Å². The fraction of sp³-hybridized carbons (Fsp3) is 0.609. The SMILES string of the molecule is O=C(O)CC1C(O)CC(OC2CCCCO2)C1CCC(O)C#Cc1ccccc1. The number of benzene rings is 1. The van der Waals surface area contributed by atoms with Gasteiger partial charge in [-0.15, -0.1) is 0 Å². The van der Waals surface area contributed by atoms with Crippen LogP contribution in [0.2, 0.25) is 0 Å². The topological polar surface area (TPSA) is 96.2 Å². The van der Waals surface area contributed by atoms with Crippen molar-refractivity contribution in [3.8, 4) is 11.8 Å². The minimum atomic E-state index is -0.932. The molecule has 1 saturated heterocycles. The van der Waals surface area contributed by atoms with Crippen LogP contribution in [0.25, 0.3) is 0 Å². The monoisotopic (exact) mass is 402 g/mol. The Morgan fingerprint density at radius 3 is 2.72 bits per heavy atom. The summed E-state index contributed by atoms with van der Waals surface area (Å²) in [7, 11) is 0. The Hall–Kier alpha value is -1.91. The molecule has 1 aliphatic carbocycles. The van der Waals surface area contributed by atoms with Crippen molar-refractivity contribution in [2.24, 2.45) is 11.8 Å². The molecule has 158 valence electrons. The Morgan fingerprint density at radius 2 is 2.03 bits per heavy atom. The first-order valence-corrected chi connectivity index (χ1v) is 10.4. The Morgan fingerprint density at radius 1 is 1.24 bits per heavy atom. The fourth-order valence-corrected chi connectivity index (χ4v) is 4.32. The van der Waals surface area contributed by atoms with Crippen LogP contribution in [0, 0.1) is 23.7 Å². The van der Waals surface area contributed by atoms with Gasteiger partial charge in [0.15, 0.2) is 6.29 Å². The highest BCUT2D eigenvalue weighted by atomic mass is 16.7. The summed E-state index contributed by atoms with van der Waals surface area (Å²) in [5.74, 6) is 4.32. The lowest BCUT2D eigenvalue weighted by atomic mass is 9.86. The molecule has 2 fully saturated rings. The summed E-state index contributed by atoms with van der Waals surface area (Å²) in [6, 6.07) is 9.45. The minimum absolute atomic E-state index is 0.108. The molecular formula is C23H30O6. The predicted octanol–water partition coefficient (Wildman–Crippen LogP) is 2.56. The van der Waals surface area contributed by atoms with Gasteiger partial charge in [0.05, 0.1) is 18.6 Å². The smallest absolute Gasteiger partial charge is 0.303 e. The lowest BCUT2D eigenvalue weighted by Gasteiger charge is -2.30. The summed E-state index contributed by atoms with van der Waals surface area (Å²) in [6.45, 7) is 0.664. The van der Waals surface area contributed by atoms with E-state index in [4.69, 9.17) is 9.47 Å². The minimum Gasteiger partial charge on any atom is -0.481 e. The molecule has 0 amide bonds. The second kappa shape index (κ2) is 10.7. The lowest BCUT2D eigenvalue weighted by Crippen LogP contribution is -2.32. The molecule has 0 radical (unpaired) electrons. The van der Waals surface area contributed by atoms with Crippen LogP contribution in [0.1, 0.15) is 50.5 Å². The molecule has 6 atom stereocenters. The van der Waals surface area contributed by atoms with Crippen LogP contribution in [-0.2, 0) is 14.3 Å². The maximum absolute atomic E-state index is 11.3. The van der Waals surface area contributed by atoms with Crippen molar-refractivity contribution >= 4 is 5.97 Å². The summed E-state index contributed by atoms with van der Waals surface area (Å²) >= 11 is 0. The third kappa shape index (κ3) is 6.55. The van der Waals surface area contributed by atoms with E-state index in [1.807, 2.05) is 30.3 Å². The highest BCUT2D eigenvalue weighted by molar-refractivity contribution is 5.67. The summed E-state index contributed by atoms with van der Waals surface area (Å²) in [4.78, 5) is 11.3. The van der Waals surface area contributed by atoms with Crippen LogP contribution >= 0.6 is 0 Å². The number of rotatable bonds is 7. The standard InChI is InChI=1S/C23H30O6/c24-17(10-9-16-6-2-1-3-7-16)11-12-18-19(14-22(26)27)20(25)15-21(18)29-23-8-4-5-13-28-23/h1-3,6-7,17-21,23-25H,4-5,8,11-15H2,(H,26,27). The van der Waals surface area contributed by atoms with Crippen LogP contribution in [0.4, 0.5) is 0 Å². The van der Waals surface area contributed by atoms with Crippen molar-refractivity contribution in [1.29, 1.82) is 0 Å². The molecule has 0 bridgehead atoms. The molecule has 3 N–H and O–H groups in total. The van der Waals surface area contributed by atoms with Gasteiger partial charge in [0.25, 0.3) is 0 Å². The van der Waals surface area contributed by atoms with Gasteiger partial charge in [0.2, 0.25) is 0 Å². The molecule has 1 saturated carbocycles. The molecule has 1 heterocycles. The Balaban J connectivity index is 1.62. The van der Waals surface area contributed by atoms with E-state index in [0.29, 0.717) is 25.9 Å². The molecule has 2 aliphatic rings. The predicted molar refractivity (Wildman–Crippen MR) is 107 cm³/mol. The van der Waals surface area contributed by atoms with Gasteiger partial charge >= 0.3 is 5.97 Å². The van der Waals surface area contributed by atoms with Gasteiger partial charge in [-0.3, -0.25) is 4.79 Å². The maximum atomic E-state index is 11.3. The quantitative estimate of drug-likeness (QED) is 0.607. The van der Waals surface area contributed by atoms with Gasteiger partial charge in [0, 0.05) is 24.5 Å². The van der Waals surface area contributed by atoms with Gasteiger partial charge in [-0.1, -0.05) is 30.0 Å². The number of aliphatic hydroxyl groups is 2. The molecule has 1 aliphatic heterocycles. The molecule has 0 spiro atoms. The molecule has 6 heteroatoms. The van der Waals surface area contributed by atoms with Crippen LogP contribution in [-0.4, -0.2) is 52.5 Å². The Bertz CT molecular complexity index is 703. The van der Waals surface area contributed by atoms with Gasteiger partial charge in [-0.25, -0.2) is 0 Å². The van der Waals surface area contributed by atoms with E-state index in [9.17, 15) is 20.1 Å². The highest BCUT2D eigenvalue weighted by Crippen LogP contribution is 2.41. The van der Waals surface area contributed by atoms with Crippen LogP contribution < -0.4 is 0 Å². The van der Waals surface area contributed by atoms with Gasteiger partial charge in [-0.2, -0.15) is 0 Å². The van der Waals surface area contributed by atoms with Crippen molar-refractivity contribution in [3.63, 3.8) is 0 Å². The van der Waals surface area contributed by atoms with Crippen LogP contribution in [0.3, 0.4) is 0 Å².